The van der Waals surface area contributed by atoms with Crippen LogP contribution < -0.4 is 5.73 Å². The summed E-state index contributed by atoms with van der Waals surface area (Å²) in [6.07, 6.45) is 3.56. The zero-order valence-electron chi connectivity index (χ0n) is 15.6. The minimum Gasteiger partial charge on any atom is -0.379 e. The molecule has 0 amide bonds. The maximum atomic E-state index is 6.29. The van der Waals surface area contributed by atoms with E-state index in [0.717, 1.165) is 12.3 Å². The van der Waals surface area contributed by atoms with Gasteiger partial charge in [0.2, 0.25) is 0 Å². The van der Waals surface area contributed by atoms with Crippen LogP contribution in [0.4, 0.5) is 0 Å². The zero-order chi connectivity index (χ0) is 18.1. The summed E-state index contributed by atoms with van der Waals surface area (Å²) in [5.41, 5.74) is 8.80. The topological polar surface area (TPSA) is 38.4 Å². The Morgan fingerprint density at radius 1 is 0.880 bits per heavy atom. The molecule has 2 rings (SSSR count). The van der Waals surface area contributed by atoms with Gasteiger partial charge < -0.3 is 5.73 Å². The van der Waals surface area contributed by atoms with Crippen molar-refractivity contribution in [2.45, 2.75) is 51.3 Å². The van der Waals surface area contributed by atoms with E-state index in [9.17, 15) is 0 Å². The average Bonchev–Trinajstić information content (AvgIpc) is 2.61. The largest absolute Gasteiger partial charge is 0.379 e. The fraction of sp³-hybridized carbons (Fsp3) is 0.409. The summed E-state index contributed by atoms with van der Waals surface area (Å²) in [6, 6.07) is 21.3. The smallest absolute Gasteiger partial charge is 0.155 e. The third-order valence-electron chi connectivity index (χ3n) is 4.19. The van der Waals surface area contributed by atoms with Gasteiger partial charge in [0.25, 0.3) is 0 Å². The molecule has 1 atom stereocenters. The van der Waals surface area contributed by atoms with Gasteiger partial charge in [-0.15, -0.1) is 0 Å². The van der Waals surface area contributed by atoms with Gasteiger partial charge in [0.15, 0.2) is 5.17 Å². The molecule has 0 fully saturated rings. The average molecular weight is 355 g/mol. The molecule has 0 aliphatic carbocycles. The molecule has 0 spiro atoms. The van der Waals surface area contributed by atoms with Crippen molar-refractivity contribution in [3.05, 3.63) is 71.8 Å². The lowest BCUT2D eigenvalue weighted by atomic mass is 10.0. The second kappa shape index (κ2) is 10.3. The number of aliphatic imine (C=N–C) groups is 1. The molecule has 0 saturated carbocycles. The second-order valence-electron chi connectivity index (χ2n) is 6.96. The summed E-state index contributed by atoms with van der Waals surface area (Å²) < 4.78 is 0. The van der Waals surface area contributed by atoms with Gasteiger partial charge in [-0.2, -0.15) is 0 Å². The number of amidine groups is 1. The molecule has 0 heterocycles. The minimum atomic E-state index is 0.175. The Labute approximate surface area is 156 Å². The lowest BCUT2D eigenvalue weighted by Gasteiger charge is -2.18. The van der Waals surface area contributed by atoms with Crippen molar-refractivity contribution in [1.29, 1.82) is 0 Å². The number of thioether (sulfide) groups is 1. The first-order chi connectivity index (χ1) is 12.1. The lowest BCUT2D eigenvalue weighted by molar-refractivity contribution is 0.512. The van der Waals surface area contributed by atoms with Gasteiger partial charge in [0.05, 0.1) is 5.25 Å². The van der Waals surface area contributed by atoms with E-state index >= 15 is 0 Å². The number of hydrogen-bond donors (Lipinski definition) is 1. The fourth-order valence-electron chi connectivity index (χ4n) is 2.84. The molecule has 134 valence electrons. The van der Waals surface area contributed by atoms with E-state index in [1.54, 1.807) is 11.8 Å². The molecule has 3 heteroatoms. The number of hydrogen-bond acceptors (Lipinski definition) is 2. The van der Waals surface area contributed by atoms with Gasteiger partial charge in [-0.3, -0.25) is 4.99 Å². The van der Waals surface area contributed by atoms with E-state index in [-0.39, 0.29) is 11.3 Å². The Morgan fingerprint density at radius 2 is 1.40 bits per heavy atom. The van der Waals surface area contributed by atoms with Gasteiger partial charge in [0, 0.05) is 6.04 Å². The SMILES string of the molecule is CC(C)CCC[C@H](C)N=C(N)SC(c1ccccc1)c1ccccc1. The van der Waals surface area contributed by atoms with Gasteiger partial charge in [-0.1, -0.05) is 99.1 Å². The second-order valence-corrected chi connectivity index (χ2v) is 8.09. The Morgan fingerprint density at radius 3 is 1.88 bits per heavy atom. The van der Waals surface area contributed by atoms with Crippen LogP contribution in [-0.2, 0) is 0 Å². The van der Waals surface area contributed by atoms with Crippen molar-refractivity contribution < 1.29 is 0 Å². The molecule has 0 aliphatic heterocycles. The Kier molecular flexibility index (Phi) is 8.07. The first-order valence-electron chi connectivity index (χ1n) is 9.16. The van der Waals surface area contributed by atoms with Crippen molar-refractivity contribution in [2.24, 2.45) is 16.6 Å². The Balaban J connectivity index is 2.07. The van der Waals surface area contributed by atoms with E-state index in [0.29, 0.717) is 5.17 Å². The first kappa shape index (κ1) is 19.6. The molecule has 0 unspecified atom stereocenters. The fourth-order valence-corrected chi connectivity index (χ4v) is 3.91. The predicted octanol–water partition coefficient (Wildman–Crippen LogP) is 6.04. The molecule has 2 nitrogen and oxygen atoms in total. The van der Waals surface area contributed by atoms with Crippen LogP contribution in [-0.4, -0.2) is 11.2 Å². The molecular formula is C22H30N2S. The van der Waals surface area contributed by atoms with Gasteiger partial charge in [0.1, 0.15) is 0 Å². The number of nitrogens with zero attached hydrogens (tertiary/aromatic N) is 1. The third kappa shape index (κ3) is 6.95. The highest BCUT2D eigenvalue weighted by molar-refractivity contribution is 8.14. The van der Waals surface area contributed by atoms with Crippen molar-refractivity contribution >= 4 is 16.9 Å². The monoisotopic (exact) mass is 354 g/mol. The summed E-state index contributed by atoms with van der Waals surface area (Å²) in [7, 11) is 0. The molecular weight excluding hydrogens is 324 g/mol. The highest BCUT2D eigenvalue weighted by atomic mass is 32.2. The minimum absolute atomic E-state index is 0.175. The van der Waals surface area contributed by atoms with Crippen LogP contribution in [0, 0.1) is 5.92 Å². The Bertz CT molecular complexity index is 598. The molecule has 2 N–H and O–H groups in total. The zero-order valence-corrected chi connectivity index (χ0v) is 16.4. The van der Waals surface area contributed by atoms with Crippen LogP contribution in [0.2, 0.25) is 0 Å². The summed E-state index contributed by atoms with van der Waals surface area (Å²) >= 11 is 1.65. The van der Waals surface area contributed by atoms with E-state index in [2.05, 4.69) is 69.3 Å². The number of rotatable bonds is 8. The number of nitrogens with two attached hydrogens (primary N) is 1. The predicted molar refractivity (Wildman–Crippen MR) is 112 cm³/mol. The van der Waals surface area contributed by atoms with Gasteiger partial charge >= 0.3 is 0 Å². The molecule has 0 aromatic heterocycles. The lowest BCUT2D eigenvalue weighted by Crippen LogP contribution is -2.14. The Hall–Kier alpha value is -1.74. The van der Waals surface area contributed by atoms with Crippen LogP contribution in [0.15, 0.2) is 65.7 Å². The summed E-state index contributed by atoms with van der Waals surface area (Å²) in [5, 5.41) is 0.851. The van der Waals surface area contributed by atoms with Crippen molar-refractivity contribution in [3.8, 4) is 0 Å². The molecule has 0 radical (unpaired) electrons. The van der Waals surface area contributed by atoms with Crippen molar-refractivity contribution in [1.82, 2.24) is 0 Å². The molecule has 0 aliphatic rings. The highest BCUT2D eigenvalue weighted by Gasteiger charge is 2.16. The summed E-state index contributed by atoms with van der Waals surface area (Å²) in [4.78, 5) is 4.72. The van der Waals surface area contributed by atoms with E-state index in [1.165, 1.54) is 24.0 Å². The van der Waals surface area contributed by atoms with E-state index in [4.69, 9.17) is 10.7 Å². The standard InChI is InChI=1S/C22H30N2S/c1-17(2)11-10-12-18(3)24-22(23)25-21(19-13-6-4-7-14-19)20-15-8-5-9-16-20/h4-9,13-18,21H,10-12H2,1-3H3,(H2,23,24)/t18-/m0/s1. The van der Waals surface area contributed by atoms with Crippen molar-refractivity contribution in [2.75, 3.05) is 0 Å². The normalized spacial score (nSPS) is 13.4. The maximum Gasteiger partial charge on any atom is 0.155 e. The van der Waals surface area contributed by atoms with Crippen LogP contribution in [0.5, 0.6) is 0 Å². The number of benzene rings is 2. The first-order valence-corrected chi connectivity index (χ1v) is 10.0. The van der Waals surface area contributed by atoms with Crippen LogP contribution >= 0.6 is 11.8 Å². The van der Waals surface area contributed by atoms with Crippen LogP contribution in [0.3, 0.4) is 0 Å². The van der Waals surface area contributed by atoms with E-state index < -0.39 is 0 Å². The van der Waals surface area contributed by atoms with Gasteiger partial charge in [-0.25, -0.2) is 0 Å². The quantitative estimate of drug-likeness (QED) is 0.463. The summed E-state index contributed by atoms with van der Waals surface area (Å²) in [6.45, 7) is 6.69. The van der Waals surface area contributed by atoms with Crippen LogP contribution in [0.1, 0.15) is 56.4 Å². The molecule has 0 bridgehead atoms. The highest BCUT2D eigenvalue weighted by Crippen LogP contribution is 2.35. The van der Waals surface area contributed by atoms with Crippen molar-refractivity contribution in [3.63, 3.8) is 0 Å². The van der Waals surface area contributed by atoms with E-state index in [1.807, 2.05) is 12.1 Å². The van der Waals surface area contributed by atoms with Crippen LogP contribution in [0.25, 0.3) is 0 Å². The molecule has 2 aromatic carbocycles. The van der Waals surface area contributed by atoms with Gasteiger partial charge in [-0.05, 0) is 30.4 Å². The third-order valence-corrected chi connectivity index (χ3v) is 5.32. The maximum absolute atomic E-state index is 6.29. The summed E-state index contributed by atoms with van der Waals surface area (Å²) in [5.74, 6) is 0.753. The molecule has 2 aromatic rings. The molecule has 25 heavy (non-hydrogen) atoms. The molecule has 0 saturated heterocycles.